The summed E-state index contributed by atoms with van der Waals surface area (Å²) in [5, 5.41) is 10.3. The minimum Gasteiger partial charge on any atom is -0.465 e. The lowest BCUT2D eigenvalue weighted by molar-refractivity contribution is 0.0606. The van der Waals surface area contributed by atoms with E-state index >= 15 is 0 Å². The molecule has 1 aromatic heterocycles. The molecule has 1 saturated heterocycles. The molecular weight excluding hydrogens is 418 g/mol. The van der Waals surface area contributed by atoms with Crippen molar-refractivity contribution < 1.29 is 28.9 Å². The number of rotatable bonds is 11. The molecule has 3 rings (SSSR count). The minimum absolute atomic E-state index is 0.243. The SMILES string of the molecule is CCCCCC(O)c1ccc(N2C(=O)OC[C@@H]2COCc2ccc(C(=O)OC)s2)cc1. The number of anilines is 1. The lowest BCUT2D eigenvalue weighted by atomic mass is 10.0. The predicted molar refractivity (Wildman–Crippen MR) is 118 cm³/mol. The van der Waals surface area contributed by atoms with E-state index in [1.54, 1.807) is 11.0 Å². The second-order valence-corrected chi connectivity index (χ2v) is 8.64. The Morgan fingerprint density at radius 3 is 2.74 bits per heavy atom. The van der Waals surface area contributed by atoms with Gasteiger partial charge in [-0.3, -0.25) is 4.90 Å². The average Bonchev–Trinajstić information content (AvgIpc) is 3.40. The van der Waals surface area contributed by atoms with Gasteiger partial charge in [0.05, 0.1) is 32.5 Å². The van der Waals surface area contributed by atoms with E-state index in [2.05, 4.69) is 6.92 Å². The van der Waals surface area contributed by atoms with Gasteiger partial charge in [0.1, 0.15) is 11.5 Å². The lowest BCUT2D eigenvalue weighted by Gasteiger charge is -2.22. The molecule has 1 amide bonds. The van der Waals surface area contributed by atoms with Crippen molar-refractivity contribution in [3.05, 3.63) is 51.7 Å². The highest BCUT2D eigenvalue weighted by atomic mass is 32.1. The fourth-order valence-corrected chi connectivity index (χ4v) is 4.34. The van der Waals surface area contributed by atoms with Crippen LogP contribution < -0.4 is 4.90 Å². The van der Waals surface area contributed by atoms with Gasteiger partial charge in [0, 0.05) is 10.6 Å². The molecule has 0 aliphatic carbocycles. The van der Waals surface area contributed by atoms with Gasteiger partial charge in [-0.05, 0) is 36.2 Å². The number of esters is 1. The summed E-state index contributed by atoms with van der Waals surface area (Å²) in [5.41, 5.74) is 1.56. The first-order valence-electron chi connectivity index (χ1n) is 10.5. The van der Waals surface area contributed by atoms with Gasteiger partial charge in [0.2, 0.25) is 0 Å². The van der Waals surface area contributed by atoms with E-state index in [4.69, 9.17) is 14.2 Å². The number of benzene rings is 1. The van der Waals surface area contributed by atoms with E-state index < -0.39 is 12.2 Å². The van der Waals surface area contributed by atoms with Crippen molar-refractivity contribution in [2.75, 3.05) is 25.2 Å². The van der Waals surface area contributed by atoms with Crippen molar-refractivity contribution in [1.82, 2.24) is 0 Å². The van der Waals surface area contributed by atoms with Gasteiger partial charge in [0.15, 0.2) is 0 Å². The van der Waals surface area contributed by atoms with Crippen LogP contribution in [0.25, 0.3) is 0 Å². The molecule has 0 radical (unpaired) electrons. The van der Waals surface area contributed by atoms with E-state index in [0.29, 0.717) is 23.8 Å². The number of nitrogens with zero attached hydrogens (tertiary/aromatic N) is 1. The molecule has 31 heavy (non-hydrogen) atoms. The summed E-state index contributed by atoms with van der Waals surface area (Å²) < 4.78 is 15.7. The van der Waals surface area contributed by atoms with E-state index in [1.807, 2.05) is 30.3 Å². The number of carbonyl (C=O) groups is 2. The van der Waals surface area contributed by atoms with Crippen LogP contribution in [0, 0.1) is 0 Å². The Morgan fingerprint density at radius 2 is 2.03 bits per heavy atom. The first kappa shape index (κ1) is 23.2. The zero-order valence-electron chi connectivity index (χ0n) is 17.9. The molecule has 2 heterocycles. The topological polar surface area (TPSA) is 85.3 Å². The first-order chi connectivity index (χ1) is 15.0. The third-order valence-electron chi connectivity index (χ3n) is 5.20. The Bertz CT molecular complexity index is 865. The van der Waals surface area contributed by atoms with Crippen molar-refractivity contribution in [2.45, 2.75) is 51.4 Å². The molecule has 2 atom stereocenters. The molecule has 168 valence electrons. The van der Waals surface area contributed by atoms with Gasteiger partial charge in [-0.2, -0.15) is 0 Å². The van der Waals surface area contributed by atoms with Gasteiger partial charge in [-0.1, -0.05) is 38.3 Å². The normalized spacial score (nSPS) is 16.9. The molecule has 0 saturated carbocycles. The Balaban J connectivity index is 1.55. The molecule has 1 unspecified atom stereocenters. The summed E-state index contributed by atoms with van der Waals surface area (Å²) in [6.45, 7) is 3.02. The Labute approximate surface area is 186 Å². The maximum Gasteiger partial charge on any atom is 0.414 e. The summed E-state index contributed by atoms with van der Waals surface area (Å²) >= 11 is 1.32. The first-order valence-corrected chi connectivity index (χ1v) is 11.3. The van der Waals surface area contributed by atoms with Crippen LogP contribution in [0.3, 0.4) is 0 Å². The molecule has 8 heteroatoms. The quantitative estimate of drug-likeness (QED) is 0.397. The molecular formula is C23H29NO6S. The predicted octanol–water partition coefficient (Wildman–Crippen LogP) is 4.69. The summed E-state index contributed by atoms with van der Waals surface area (Å²) in [5.74, 6) is -0.365. The fraction of sp³-hybridized carbons (Fsp3) is 0.478. The number of cyclic esters (lactones) is 1. The maximum atomic E-state index is 12.3. The number of carbonyl (C=O) groups excluding carboxylic acids is 2. The standard InChI is InChI=1S/C23H29NO6S/c1-3-4-5-6-20(25)16-7-9-17(10-8-16)24-18(14-30-23(24)27)13-29-15-19-11-12-21(31-19)22(26)28-2/h7-12,18,20,25H,3-6,13-15H2,1-2H3/t18-,20?/m0/s1. The molecule has 1 fully saturated rings. The molecule has 1 aliphatic rings. The number of methoxy groups -OCH3 is 1. The van der Waals surface area contributed by atoms with E-state index in [9.17, 15) is 14.7 Å². The summed E-state index contributed by atoms with van der Waals surface area (Å²) in [7, 11) is 1.35. The van der Waals surface area contributed by atoms with E-state index in [1.165, 1.54) is 18.4 Å². The number of unbranched alkanes of at least 4 members (excludes halogenated alkanes) is 2. The smallest absolute Gasteiger partial charge is 0.414 e. The van der Waals surface area contributed by atoms with Crippen LogP contribution in [0.5, 0.6) is 0 Å². The zero-order valence-corrected chi connectivity index (χ0v) is 18.7. The third-order valence-corrected chi connectivity index (χ3v) is 6.24. The largest absolute Gasteiger partial charge is 0.465 e. The van der Waals surface area contributed by atoms with Crippen LogP contribution in [-0.2, 0) is 20.8 Å². The molecule has 0 bridgehead atoms. The highest BCUT2D eigenvalue weighted by Crippen LogP contribution is 2.27. The van der Waals surface area contributed by atoms with Crippen LogP contribution in [0.15, 0.2) is 36.4 Å². The Hall–Kier alpha value is -2.42. The number of hydrogen-bond donors (Lipinski definition) is 1. The molecule has 7 nitrogen and oxygen atoms in total. The van der Waals surface area contributed by atoms with Crippen LogP contribution in [0.1, 0.15) is 58.8 Å². The van der Waals surface area contributed by atoms with Crippen LogP contribution >= 0.6 is 11.3 Å². The number of aliphatic hydroxyl groups is 1. The molecule has 0 spiro atoms. The van der Waals surface area contributed by atoms with Crippen molar-refractivity contribution in [3.8, 4) is 0 Å². The van der Waals surface area contributed by atoms with Crippen molar-refractivity contribution >= 4 is 29.1 Å². The Kier molecular flexibility index (Phi) is 8.45. The van der Waals surface area contributed by atoms with Crippen molar-refractivity contribution in [1.29, 1.82) is 0 Å². The van der Waals surface area contributed by atoms with E-state index in [-0.39, 0.29) is 18.6 Å². The second kappa shape index (κ2) is 11.3. The highest BCUT2D eigenvalue weighted by Gasteiger charge is 2.34. The minimum atomic E-state index is -0.495. The van der Waals surface area contributed by atoms with Crippen LogP contribution in [0.2, 0.25) is 0 Å². The zero-order chi connectivity index (χ0) is 22.2. The number of hydrogen-bond acceptors (Lipinski definition) is 7. The van der Waals surface area contributed by atoms with Crippen molar-refractivity contribution in [2.24, 2.45) is 0 Å². The van der Waals surface area contributed by atoms with Crippen LogP contribution in [0.4, 0.5) is 10.5 Å². The van der Waals surface area contributed by atoms with Gasteiger partial charge in [0.25, 0.3) is 0 Å². The molecule has 1 aliphatic heterocycles. The van der Waals surface area contributed by atoms with Crippen LogP contribution in [-0.4, -0.2) is 43.5 Å². The molecule has 2 aromatic rings. The number of aliphatic hydroxyl groups excluding tert-OH is 1. The average molecular weight is 448 g/mol. The summed E-state index contributed by atoms with van der Waals surface area (Å²) in [6, 6.07) is 10.7. The number of ether oxygens (including phenoxy) is 3. The van der Waals surface area contributed by atoms with E-state index in [0.717, 1.165) is 36.1 Å². The monoisotopic (exact) mass is 447 g/mol. The fourth-order valence-electron chi connectivity index (χ4n) is 3.47. The van der Waals surface area contributed by atoms with Gasteiger partial charge in [-0.25, -0.2) is 9.59 Å². The summed E-state index contributed by atoms with van der Waals surface area (Å²) in [6.07, 6.45) is 3.04. The lowest BCUT2D eigenvalue weighted by Crippen LogP contribution is -2.36. The number of thiophene rings is 1. The number of amides is 1. The van der Waals surface area contributed by atoms with Gasteiger partial charge >= 0.3 is 12.1 Å². The van der Waals surface area contributed by atoms with Crippen molar-refractivity contribution in [3.63, 3.8) is 0 Å². The third kappa shape index (κ3) is 6.06. The molecule has 1 aromatic carbocycles. The molecule has 1 N–H and O–H groups in total. The highest BCUT2D eigenvalue weighted by molar-refractivity contribution is 7.13. The second-order valence-electron chi connectivity index (χ2n) is 7.48. The van der Waals surface area contributed by atoms with Gasteiger partial charge < -0.3 is 19.3 Å². The Morgan fingerprint density at radius 1 is 1.26 bits per heavy atom. The van der Waals surface area contributed by atoms with Gasteiger partial charge in [-0.15, -0.1) is 11.3 Å². The maximum absolute atomic E-state index is 12.3. The summed E-state index contributed by atoms with van der Waals surface area (Å²) in [4.78, 5) is 26.8.